The summed E-state index contributed by atoms with van der Waals surface area (Å²) in [5, 5.41) is 0. The van der Waals surface area contributed by atoms with Gasteiger partial charge in [0, 0.05) is 12.6 Å². The standard InChI is InChI=1S/C11H23NO2S/c1-3-4-5-6-7-12-8-9-15(13,14)10-11(12)2/h11H,3-10H2,1-2H3. The topological polar surface area (TPSA) is 37.4 Å². The Bertz CT molecular complexity index is 274. The van der Waals surface area contributed by atoms with Gasteiger partial charge >= 0.3 is 0 Å². The number of rotatable bonds is 5. The zero-order valence-electron chi connectivity index (χ0n) is 9.91. The minimum atomic E-state index is -2.74. The molecule has 0 aromatic carbocycles. The summed E-state index contributed by atoms with van der Waals surface area (Å²) in [7, 11) is -2.74. The van der Waals surface area contributed by atoms with Gasteiger partial charge in [-0.25, -0.2) is 8.42 Å². The third kappa shape index (κ3) is 4.51. The van der Waals surface area contributed by atoms with Crippen LogP contribution in [0, 0.1) is 0 Å². The zero-order chi connectivity index (χ0) is 11.3. The van der Waals surface area contributed by atoms with Crippen LogP contribution < -0.4 is 0 Å². The number of hydrogen-bond donors (Lipinski definition) is 0. The average molecular weight is 233 g/mol. The van der Waals surface area contributed by atoms with Crippen molar-refractivity contribution in [3.63, 3.8) is 0 Å². The molecule has 0 N–H and O–H groups in total. The molecule has 1 rings (SSSR count). The normalized spacial score (nSPS) is 26.7. The van der Waals surface area contributed by atoms with E-state index < -0.39 is 9.84 Å². The minimum Gasteiger partial charge on any atom is -0.299 e. The molecule has 15 heavy (non-hydrogen) atoms. The fraction of sp³-hybridized carbons (Fsp3) is 1.00. The van der Waals surface area contributed by atoms with E-state index in [0.717, 1.165) is 13.1 Å². The third-order valence-corrected chi connectivity index (χ3v) is 4.90. The van der Waals surface area contributed by atoms with Crippen molar-refractivity contribution in [1.29, 1.82) is 0 Å². The van der Waals surface area contributed by atoms with Gasteiger partial charge in [0.1, 0.15) is 0 Å². The lowest BCUT2D eigenvalue weighted by molar-refractivity contribution is 0.222. The molecule has 0 saturated carbocycles. The second kappa shape index (κ2) is 5.85. The average Bonchev–Trinajstić information content (AvgIpc) is 2.14. The Morgan fingerprint density at radius 3 is 2.60 bits per heavy atom. The number of unbranched alkanes of at least 4 members (excludes halogenated alkanes) is 3. The van der Waals surface area contributed by atoms with Crippen molar-refractivity contribution >= 4 is 9.84 Å². The second-order valence-corrected chi connectivity index (χ2v) is 6.79. The van der Waals surface area contributed by atoms with Gasteiger partial charge < -0.3 is 0 Å². The molecule has 1 saturated heterocycles. The van der Waals surface area contributed by atoms with E-state index in [0.29, 0.717) is 11.5 Å². The predicted molar refractivity (Wildman–Crippen MR) is 63.8 cm³/mol. The van der Waals surface area contributed by atoms with E-state index in [-0.39, 0.29) is 6.04 Å². The first kappa shape index (κ1) is 13.0. The molecule has 0 aliphatic carbocycles. The molecular weight excluding hydrogens is 210 g/mol. The highest BCUT2D eigenvalue weighted by Gasteiger charge is 2.27. The van der Waals surface area contributed by atoms with Gasteiger partial charge in [-0.2, -0.15) is 0 Å². The van der Waals surface area contributed by atoms with Crippen LogP contribution in [-0.2, 0) is 9.84 Å². The summed E-state index contributed by atoms with van der Waals surface area (Å²) in [6.07, 6.45) is 5.02. The zero-order valence-corrected chi connectivity index (χ0v) is 10.7. The van der Waals surface area contributed by atoms with E-state index in [2.05, 4.69) is 11.8 Å². The van der Waals surface area contributed by atoms with Crippen molar-refractivity contribution in [3.05, 3.63) is 0 Å². The van der Waals surface area contributed by atoms with Crippen LogP contribution in [0.4, 0.5) is 0 Å². The van der Waals surface area contributed by atoms with E-state index in [1.165, 1.54) is 25.7 Å². The predicted octanol–water partition coefficient (Wildman–Crippen LogP) is 1.69. The van der Waals surface area contributed by atoms with Crippen LogP contribution in [0.2, 0.25) is 0 Å². The van der Waals surface area contributed by atoms with Gasteiger partial charge in [0.25, 0.3) is 0 Å². The van der Waals surface area contributed by atoms with Crippen molar-refractivity contribution in [3.8, 4) is 0 Å². The van der Waals surface area contributed by atoms with Crippen LogP contribution in [0.15, 0.2) is 0 Å². The van der Waals surface area contributed by atoms with Crippen LogP contribution in [-0.4, -0.2) is 44.0 Å². The molecule has 1 aliphatic heterocycles. The summed E-state index contributed by atoms with van der Waals surface area (Å²) in [5.74, 6) is 0.700. The Kier molecular flexibility index (Phi) is 5.06. The summed E-state index contributed by atoms with van der Waals surface area (Å²) in [5.41, 5.74) is 0. The van der Waals surface area contributed by atoms with Gasteiger partial charge in [0.05, 0.1) is 11.5 Å². The molecule has 0 bridgehead atoms. The number of sulfone groups is 1. The van der Waals surface area contributed by atoms with E-state index in [4.69, 9.17) is 0 Å². The van der Waals surface area contributed by atoms with Crippen LogP contribution in [0.25, 0.3) is 0 Å². The fourth-order valence-corrected chi connectivity index (χ4v) is 3.73. The van der Waals surface area contributed by atoms with E-state index in [1.807, 2.05) is 6.92 Å². The fourth-order valence-electron chi connectivity index (χ4n) is 2.11. The smallest absolute Gasteiger partial charge is 0.153 e. The SMILES string of the molecule is CCCCCCN1CCS(=O)(=O)CC1C. The molecule has 1 heterocycles. The molecule has 0 amide bonds. The molecule has 0 aromatic heterocycles. The van der Waals surface area contributed by atoms with Crippen molar-refractivity contribution in [2.24, 2.45) is 0 Å². The molecular formula is C11H23NO2S. The lowest BCUT2D eigenvalue weighted by Gasteiger charge is -2.33. The highest BCUT2D eigenvalue weighted by atomic mass is 32.2. The van der Waals surface area contributed by atoms with Gasteiger partial charge in [0.15, 0.2) is 9.84 Å². The Morgan fingerprint density at radius 1 is 1.27 bits per heavy atom. The largest absolute Gasteiger partial charge is 0.299 e. The maximum absolute atomic E-state index is 11.4. The molecule has 0 aromatic rings. The van der Waals surface area contributed by atoms with Crippen LogP contribution in [0.1, 0.15) is 39.5 Å². The Morgan fingerprint density at radius 2 is 2.00 bits per heavy atom. The van der Waals surface area contributed by atoms with Crippen LogP contribution in [0.3, 0.4) is 0 Å². The summed E-state index contributed by atoms with van der Waals surface area (Å²) in [4.78, 5) is 2.32. The molecule has 90 valence electrons. The van der Waals surface area contributed by atoms with Crippen molar-refractivity contribution in [2.75, 3.05) is 24.6 Å². The minimum absolute atomic E-state index is 0.213. The monoisotopic (exact) mass is 233 g/mol. The van der Waals surface area contributed by atoms with E-state index in [1.54, 1.807) is 0 Å². The Hall–Kier alpha value is -0.0900. The van der Waals surface area contributed by atoms with Gasteiger partial charge in [-0.05, 0) is 19.9 Å². The number of nitrogens with zero attached hydrogens (tertiary/aromatic N) is 1. The summed E-state index contributed by atoms with van der Waals surface area (Å²) >= 11 is 0. The first-order chi connectivity index (χ1) is 7.05. The van der Waals surface area contributed by atoms with Crippen molar-refractivity contribution < 1.29 is 8.42 Å². The highest BCUT2D eigenvalue weighted by Crippen LogP contribution is 2.12. The molecule has 1 fully saturated rings. The summed E-state index contributed by atoms with van der Waals surface area (Å²) in [6, 6.07) is 0.213. The maximum Gasteiger partial charge on any atom is 0.153 e. The molecule has 1 unspecified atom stereocenters. The third-order valence-electron chi connectivity index (χ3n) is 3.11. The molecule has 1 aliphatic rings. The molecule has 4 heteroatoms. The number of hydrogen-bond acceptors (Lipinski definition) is 3. The van der Waals surface area contributed by atoms with Crippen LogP contribution in [0.5, 0.6) is 0 Å². The van der Waals surface area contributed by atoms with Gasteiger partial charge in [-0.15, -0.1) is 0 Å². The molecule has 3 nitrogen and oxygen atoms in total. The lowest BCUT2D eigenvalue weighted by Crippen LogP contribution is -2.47. The van der Waals surface area contributed by atoms with Gasteiger partial charge in [0.2, 0.25) is 0 Å². The van der Waals surface area contributed by atoms with Gasteiger partial charge in [-0.1, -0.05) is 26.2 Å². The van der Waals surface area contributed by atoms with Crippen molar-refractivity contribution in [2.45, 2.75) is 45.6 Å². The van der Waals surface area contributed by atoms with E-state index >= 15 is 0 Å². The summed E-state index contributed by atoms with van der Waals surface area (Å²) in [6.45, 7) is 6.03. The van der Waals surface area contributed by atoms with Crippen molar-refractivity contribution in [1.82, 2.24) is 4.90 Å². The highest BCUT2D eigenvalue weighted by molar-refractivity contribution is 7.91. The summed E-state index contributed by atoms with van der Waals surface area (Å²) < 4.78 is 22.7. The lowest BCUT2D eigenvalue weighted by atomic mass is 10.2. The molecule has 1 atom stereocenters. The maximum atomic E-state index is 11.4. The van der Waals surface area contributed by atoms with Crippen LogP contribution >= 0.6 is 0 Å². The van der Waals surface area contributed by atoms with E-state index in [9.17, 15) is 8.42 Å². The molecule has 0 spiro atoms. The first-order valence-corrected chi connectivity index (χ1v) is 7.82. The quantitative estimate of drug-likeness (QED) is 0.678. The first-order valence-electron chi connectivity index (χ1n) is 5.99. The Balaban J connectivity index is 2.26. The second-order valence-electron chi connectivity index (χ2n) is 4.56. The Labute approximate surface area is 93.8 Å². The molecule has 0 radical (unpaired) electrons. The van der Waals surface area contributed by atoms with Gasteiger partial charge in [-0.3, -0.25) is 4.90 Å².